The zero-order valence-corrected chi connectivity index (χ0v) is 33.1. The minimum absolute atomic E-state index is 0.348. The molecular formula is C42H78N4O4. The lowest BCUT2D eigenvalue weighted by molar-refractivity contribution is 0.145. The highest BCUT2D eigenvalue weighted by molar-refractivity contribution is 5.87. The van der Waals surface area contributed by atoms with Crippen LogP contribution in [0.3, 0.4) is 0 Å². The maximum Gasteiger partial charge on any atom is 0.411 e. The molecule has 0 unspecified atom stereocenters. The molecule has 2 N–H and O–H groups in total. The molecule has 0 spiro atoms. The number of rotatable bonds is 34. The van der Waals surface area contributed by atoms with Gasteiger partial charge in [0, 0.05) is 24.5 Å². The first-order chi connectivity index (χ1) is 24.4. The van der Waals surface area contributed by atoms with E-state index in [1.165, 1.54) is 154 Å². The highest BCUT2D eigenvalue weighted by Gasteiger charge is 2.08. The predicted molar refractivity (Wildman–Crippen MR) is 214 cm³/mol. The van der Waals surface area contributed by atoms with E-state index in [0.717, 1.165) is 13.1 Å². The van der Waals surface area contributed by atoms with Crippen molar-refractivity contribution in [3.63, 3.8) is 0 Å². The molecular weight excluding hydrogens is 624 g/mol. The number of amides is 2. The molecule has 0 radical (unpaired) electrons. The fraction of sp³-hybridized carbons (Fsp3) is 0.810. The van der Waals surface area contributed by atoms with Crippen LogP contribution < -0.4 is 10.6 Å². The van der Waals surface area contributed by atoms with E-state index >= 15 is 0 Å². The van der Waals surface area contributed by atoms with Crippen LogP contribution in [0.15, 0.2) is 24.3 Å². The normalized spacial score (nSPS) is 11.3. The van der Waals surface area contributed by atoms with Gasteiger partial charge in [-0.3, -0.25) is 10.6 Å². The predicted octanol–water partition coefficient (Wildman–Crippen LogP) is 12.0. The van der Waals surface area contributed by atoms with Crippen molar-refractivity contribution >= 4 is 23.6 Å². The number of carbonyl (C=O) groups excluding carboxylic acids is 2. The number of carbonyl (C=O) groups is 2. The van der Waals surface area contributed by atoms with E-state index in [-0.39, 0.29) is 0 Å². The number of benzene rings is 1. The van der Waals surface area contributed by atoms with E-state index in [0.29, 0.717) is 37.7 Å². The number of unbranched alkanes of at least 4 members (excludes halogenated alkanes) is 22. The Bertz CT molecular complexity index is 841. The molecule has 0 saturated heterocycles. The van der Waals surface area contributed by atoms with Crippen molar-refractivity contribution in [3.8, 4) is 0 Å². The Hall–Kier alpha value is -2.32. The van der Waals surface area contributed by atoms with Gasteiger partial charge in [-0.15, -0.1) is 0 Å². The van der Waals surface area contributed by atoms with Gasteiger partial charge in [0.15, 0.2) is 0 Å². The van der Waals surface area contributed by atoms with Crippen LogP contribution in [0.5, 0.6) is 0 Å². The standard InChI is InChI=1S/C42H78N4O4/c1-5-7-9-11-13-15-17-19-21-23-25-27-33-45(3)35-37-49-41(47)43-39-29-31-40(32-30-39)44-42(48)50-38-36-46(4)34-28-26-24-22-20-18-16-14-12-10-8-6-2/h29-32H,5-28,33-38H2,1-4H3,(H,43,47)(H,44,48). The van der Waals surface area contributed by atoms with E-state index in [1.54, 1.807) is 24.3 Å². The number of likely N-dealkylation sites (N-methyl/N-ethyl adjacent to an activating group) is 2. The van der Waals surface area contributed by atoms with Gasteiger partial charge in [0.2, 0.25) is 0 Å². The van der Waals surface area contributed by atoms with Gasteiger partial charge in [0.25, 0.3) is 0 Å². The van der Waals surface area contributed by atoms with E-state index in [2.05, 4.69) is 48.4 Å². The quantitative estimate of drug-likeness (QED) is 0.0696. The van der Waals surface area contributed by atoms with Crippen LogP contribution in [0.2, 0.25) is 0 Å². The molecule has 8 heteroatoms. The third-order valence-electron chi connectivity index (χ3n) is 9.58. The van der Waals surface area contributed by atoms with Gasteiger partial charge in [-0.1, -0.05) is 155 Å². The first kappa shape index (κ1) is 45.7. The smallest absolute Gasteiger partial charge is 0.411 e. The Labute approximate surface area is 308 Å². The van der Waals surface area contributed by atoms with E-state index < -0.39 is 12.2 Å². The average Bonchev–Trinajstić information content (AvgIpc) is 3.10. The van der Waals surface area contributed by atoms with Crippen molar-refractivity contribution in [3.05, 3.63) is 24.3 Å². The highest BCUT2D eigenvalue weighted by atomic mass is 16.6. The molecule has 2 amide bonds. The molecule has 290 valence electrons. The second kappa shape index (κ2) is 33.8. The molecule has 0 heterocycles. The number of hydrogen-bond donors (Lipinski definition) is 2. The molecule has 50 heavy (non-hydrogen) atoms. The second-order valence-electron chi connectivity index (χ2n) is 14.5. The monoisotopic (exact) mass is 703 g/mol. The summed E-state index contributed by atoms with van der Waals surface area (Å²) in [6.45, 7) is 8.71. The fourth-order valence-corrected chi connectivity index (χ4v) is 6.20. The van der Waals surface area contributed by atoms with Gasteiger partial charge in [-0.2, -0.15) is 0 Å². The SMILES string of the molecule is CCCCCCCCCCCCCCN(C)CCOC(=O)Nc1ccc(NC(=O)OCCN(C)CCCCCCCCCCCCCC)cc1. The maximum atomic E-state index is 12.2. The lowest BCUT2D eigenvalue weighted by atomic mass is 10.1. The Morgan fingerprint density at radius 1 is 0.440 bits per heavy atom. The van der Waals surface area contributed by atoms with Crippen molar-refractivity contribution in [2.75, 3.05) is 64.1 Å². The van der Waals surface area contributed by atoms with Crippen molar-refractivity contribution in [1.82, 2.24) is 9.80 Å². The molecule has 0 fully saturated rings. The lowest BCUT2D eigenvalue weighted by Crippen LogP contribution is -2.26. The first-order valence-electron chi connectivity index (χ1n) is 20.8. The number of nitrogens with zero attached hydrogens (tertiary/aromatic N) is 2. The molecule has 8 nitrogen and oxygen atoms in total. The first-order valence-corrected chi connectivity index (χ1v) is 20.8. The topological polar surface area (TPSA) is 83.1 Å². The molecule has 0 atom stereocenters. The van der Waals surface area contributed by atoms with Gasteiger partial charge in [-0.25, -0.2) is 9.59 Å². The Morgan fingerprint density at radius 3 is 0.980 bits per heavy atom. The van der Waals surface area contributed by atoms with E-state index in [4.69, 9.17) is 9.47 Å². The van der Waals surface area contributed by atoms with Gasteiger partial charge in [-0.05, 0) is 64.3 Å². The van der Waals surface area contributed by atoms with Crippen molar-refractivity contribution < 1.29 is 19.1 Å². The summed E-state index contributed by atoms with van der Waals surface area (Å²) in [4.78, 5) is 28.9. The Balaban J connectivity index is 2.00. The van der Waals surface area contributed by atoms with Gasteiger partial charge in [0.1, 0.15) is 13.2 Å². The van der Waals surface area contributed by atoms with Crippen LogP contribution in [0.1, 0.15) is 168 Å². The molecule has 0 aliphatic rings. The Morgan fingerprint density at radius 2 is 0.700 bits per heavy atom. The number of nitrogens with one attached hydrogen (secondary N) is 2. The maximum absolute atomic E-state index is 12.2. The van der Waals surface area contributed by atoms with Crippen LogP contribution in [0.25, 0.3) is 0 Å². The summed E-state index contributed by atoms with van der Waals surface area (Å²) < 4.78 is 10.7. The van der Waals surface area contributed by atoms with Gasteiger partial charge in [0.05, 0.1) is 0 Å². The summed E-state index contributed by atoms with van der Waals surface area (Å²) in [5, 5.41) is 5.50. The van der Waals surface area contributed by atoms with Crippen LogP contribution in [-0.2, 0) is 9.47 Å². The van der Waals surface area contributed by atoms with E-state index in [9.17, 15) is 9.59 Å². The highest BCUT2D eigenvalue weighted by Crippen LogP contribution is 2.15. The summed E-state index contributed by atoms with van der Waals surface area (Å²) in [7, 11) is 4.16. The van der Waals surface area contributed by atoms with Gasteiger partial charge >= 0.3 is 12.2 Å². The van der Waals surface area contributed by atoms with Crippen molar-refractivity contribution in [2.24, 2.45) is 0 Å². The molecule has 1 rings (SSSR count). The summed E-state index contributed by atoms with van der Waals surface area (Å²) in [6.07, 6.45) is 31.5. The largest absolute Gasteiger partial charge is 0.448 e. The minimum Gasteiger partial charge on any atom is -0.448 e. The third kappa shape index (κ3) is 29.4. The number of hydrogen-bond acceptors (Lipinski definition) is 6. The minimum atomic E-state index is -0.475. The zero-order valence-electron chi connectivity index (χ0n) is 33.1. The third-order valence-corrected chi connectivity index (χ3v) is 9.58. The van der Waals surface area contributed by atoms with Gasteiger partial charge < -0.3 is 19.3 Å². The summed E-state index contributed by atoms with van der Waals surface area (Å²) in [5.41, 5.74) is 1.22. The summed E-state index contributed by atoms with van der Waals surface area (Å²) in [6, 6.07) is 6.94. The van der Waals surface area contributed by atoms with Crippen molar-refractivity contribution in [1.29, 1.82) is 0 Å². The molecule has 1 aromatic carbocycles. The summed E-state index contributed by atoms with van der Waals surface area (Å²) in [5.74, 6) is 0. The van der Waals surface area contributed by atoms with Crippen LogP contribution in [0, 0.1) is 0 Å². The van der Waals surface area contributed by atoms with Crippen LogP contribution >= 0.6 is 0 Å². The Kier molecular flexibility index (Phi) is 30.9. The number of anilines is 2. The van der Waals surface area contributed by atoms with E-state index in [1.807, 2.05) is 0 Å². The number of ether oxygens (including phenoxy) is 2. The lowest BCUT2D eigenvalue weighted by Gasteiger charge is -2.17. The average molecular weight is 703 g/mol. The fourth-order valence-electron chi connectivity index (χ4n) is 6.20. The van der Waals surface area contributed by atoms with Crippen LogP contribution in [-0.4, -0.2) is 75.5 Å². The molecule has 0 bridgehead atoms. The molecule has 1 aromatic rings. The molecule has 0 aromatic heterocycles. The zero-order chi connectivity index (χ0) is 36.3. The van der Waals surface area contributed by atoms with Crippen molar-refractivity contribution in [2.45, 2.75) is 168 Å². The molecule has 0 aliphatic carbocycles. The van der Waals surface area contributed by atoms with Crippen LogP contribution in [0.4, 0.5) is 21.0 Å². The molecule has 0 saturated carbocycles. The summed E-state index contributed by atoms with van der Waals surface area (Å²) >= 11 is 0. The second-order valence-corrected chi connectivity index (χ2v) is 14.5. The molecule has 0 aliphatic heterocycles.